The van der Waals surface area contributed by atoms with Crippen LogP contribution >= 0.6 is 11.3 Å². The van der Waals surface area contributed by atoms with Crippen molar-refractivity contribution in [3.8, 4) is 22.6 Å². The van der Waals surface area contributed by atoms with E-state index in [0.717, 1.165) is 37.9 Å². The summed E-state index contributed by atoms with van der Waals surface area (Å²) in [6.45, 7) is 7.26. The first-order chi connectivity index (χ1) is 30.1. The number of hydrogen-bond acceptors (Lipinski definition) is 11. The number of fused-ring (bicyclic) bond motifs is 3. The van der Waals surface area contributed by atoms with Gasteiger partial charge in [0.2, 0.25) is 17.7 Å². The second-order valence-electron chi connectivity index (χ2n) is 15.7. The number of aromatic nitrogens is 2. The molecular formula is C47H44N6O8S. The van der Waals surface area contributed by atoms with E-state index in [1.807, 2.05) is 72.1 Å². The van der Waals surface area contributed by atoms with Crippen molar-refractivity contribution >= 4 is 56.6 Å². The van der Waals surface area contributed by atoms with E-state index in [-0.39, 0.29) is 54.5 Å². The van der Waals surface area contributed by atoms with Crippen molar-refractivity contribution in [1.29, 1.82) is 0 Å². The second-order valence-corrected chi connectivity index (χ2v) is 16.7. The first-order valence-corrected chi connectivity index (χ1v) is 21.4. The van der Waals surface area contributed by atoms with Crippen LogP contribution in [0.15, 0.2) is 102 Å². The number of amides is 4. The Labute approximate surface area is 360 Å². The van der Waals surface area contributed by atoms with Gasteiger partial charge in [0.05, 0.1) is 42.1 Å². The smallest absolute Gasteiger partial charge is 0.261 e. The predicted molar refractivity (Wildman–Crippen MR) is 234 cm³/mol. The number of aromatic hydroxyl groups is 1. The zero-order valence-electron chi connectivity index (χ0n) is 33.8. The molecule has 5 heterocycles. The van der Waals surface area contributed by atoms with Gasteiger partial charge >= 0.3 is 0 Å². The van der Waals surface area contributed by atoms with Gasteiger partial charge < -0.3 is 29.7 Å². The van der Waals surface area contributed by atoms with Gasteiger partial charge in [0.1, 0.15) is 30.0 Å². The van der Waals surface area contributed by atoms with E-state index in [2.05, 4.69) is 17.2 Å². The third-order valence-electron chi connectivity index (χ3n) is 11.8. The molecule has 14 nitrogen and oxygen atoms in total. The van der Waals surface area contributed by atoms with Gasteiger partial charge in [0, 0.05) is 55.0 Å². The normalized spacial score (nSPS) is 16.5. The minimum Gasteiger partial charge on any atom is -0.508 e. The summed E-state index contributed by atoms with van der Waals surface area (Å²) in [5.74, 6) is 0.253. The van der Waals surface area contributed by atoms with Crippen LogP contribution in [0.25, 0.3) is 32.8 Å². The van der Waals surface area contributed by atoms with E-state index in [1.165, 1.54) is 17.4 Å². The molecule has 1 unspecified atom stereocenters. The maximum Gasteiger partial charge on any atom is 0.261 e. The molecule has 3 N–H and O–H groups in total. The summed E-state index contributed by atoms with van der Waals surface area (Å²) in [6.07, 6.45) is 1.83. The van der Waals surface area contributed by atoms with Gasteiger partial charge in [-0.3, -0.25) is 33.9 Å². The molecule has 3 aliphatic heterocycles. The van der Waals surface area contributed by atoms with E-state index in [4.69, 9.17) is 14.5 Å². The predicted octanol–water partition coefficient (Wildman–Crippen LogP) is 5.24. The van der Waals surface area contributed by atoms with Crippen LogP contribution in [-0.4, -0.2) is 87.0 Å². The number of hydrogen-bond donors (Lipinski definition) is 3. The van der Waals surface area contributed by atoms with Crippen LogP contribution in [0.4, 0.5) is 0 Å². The molecule has 1 atom stereocenters. The summed E-state index contributed by atoms with van der Waals surface area (Å²) < 4.78 is 13.8. The first kappa shape index (κ1) is 40.7. The Morgan fingerprint density at radius 2 is 1.81 bits per heavy atom. The maximum absolute atomic E-state index is 14.2. The van der Waals surface area contributed by atoms with E-state index in [9.17, 15) is 29.1 Å². The van der Waals surface area contributed by atoms with Gasteiger partial charge in [0.25, 0.3) is 11.5 Å². The van der Waals surface area contributed by atoms with Gasteiger partial charge in [-0.1, -0.05) is 49.0 Å². The van der Waals surface area contributed by atoms with Gasteiger partial charge in [-0.05, 0) is 76.4 Å². The summed E-state index contributed by atoms with van der Waals surface area (Å²) in [5, 5.41) is 20.4. The number of piperidine rings is 1. The number of carbonyl (C=O) groups excluding carboxylic acids is 4. The fourth-order valence-electron chi connectivity index (χ4n) is 8.43. The van der Waals surface area contributed by atoms with Gasteiger partial charge in [-0.2, -0.15) is 0 Å². The number of carbonyl (C=O) groups is 4. The number of ether oxygens (including phenoxy) is 2. The van der Waals surface area contributed by atoms with E-state index < -0.39 is 11.9 Å². The molecule has 0 radical (unpaired) electrons. The van der Waals surface area contributed by atoms with Crippen LogP contribution in [0, 0.1) is 0 Å². The monoisotopic (exact) mass is 852 g/mol. The number of imide groups is 1. The number of rotatable bonds is 15. The summed E-state index contributed by atoms with van der Waals surface area (Å²) in [5.41, 5.74) is 4.50. The van der Waals surface area contributed by atoms with Crippen molar-refractivity contribution in [1.82, 2.24) is 30.0 Å². The number of phenolic OH excluding ortho intramolecular Hbond substituents is 1. The van der Waals surface area contributed by atoms with E-state index in [1.54, 1.807) is 26.5 Å². The molecule has 2 fully saturated rings. The number of phenols is 1. The molecule has 0 bridgehead atoms. The number of benzene rings is 4. The fraction of sp³-hybridized carbons (Fsp3) is 0.277. The molecule has 4 amide bonds. The second kappa shape index (κ2) is 17.4. The van der Waals surface area contributed by atoms with Crippen molar-refractivity contribution in [3.63, 3.8) is 0 Å². The highest BCUT2D eigenvalue weighted by Gasteiger charge is 2.40. The van der Waals surface area contributed by atoms with Gasteiger partial charge in [-0.15, -0.1) is 11.3 Å². The zero-order chi connectivity index (χ0) is 42.9. The standard InChI is InChI=1S/C47H44N6O8S/c1-2-43(56)51-23-31(24-51)44-49-39-12-9-30(35-21-32(54)19-29-5-3-4-6-34(29)35)20-36(39)46(58)52(44)16-18-60-17-15-48-22-28-7-10-33(11-8-28)61-26-41-37-25-53(47(59)38(37)27-62-41)40-13-14-42(55)50-45(40)57/h2-12,19-21,27,31,40,48,54H,1,13-18,22-26H2,(H,50,55,57). The van der Waals surface area contributed by atoms with Crippen molar-refractivity contribution in [2.45, 2.75) is 51.0 Å². The highest BCUT2D eigenvalue weighted by molar-refractivity contribution is 7.10. The molecule has 6 aromatic rings. The quantitative estimate of drug-likeness (QED) is 0.0705. The molecule has 316 valence electrons. The molecule has 0 saturated carbocycles. The summed E-state index contributed by atoms with van der Waals surface area (Å²) >= 11 is 1.46. The Balaban J connectivity index is 0.787. The van der Waals surface area contributed by atoms with Crippen LogP contribution in [0.3, 0.4) is 0 Å². The average Bonchev–Trinajstić information content (AvgIpc) is 3.81. The Hall–Kier alpha value is -6.68. The third-order valence-corrected chi connectivity index (χ3v) is 12.8. The molecule has 0 spiro atoms. The van der Waals surface area contributed by atoms with Crippen LogP contribution in [0.2, 0.25) is 0 Å². The van der Waals surface area contributed by atoms with E-state index in [0.29, 0.717) is 80.4 Å². The lowest BCUT2D eigenvalue weighted by Crippen LogP contribution is -2.52. The highest BCUT2D eigenvalue weighted by atomic mass is 32.1. The summed E-state index contributed by atoms with van der Waals surface area (Å²) in [4.78, 5) is 72.7. The fourth-order valence-corrected chi connectivity index (χ4v) is 9.38. The Bertz CT molecular complexity index is 2810. The van der Waals surface area contributed by atoms with Crippen LogP contribution < -0.4 is 20.9 Å². The lowest BCUT2D eigenvalue weighted by Gasteiger charge is -2.39. The Morgan fingerprint density at radius 3 is 2.61 bits per heavy atom. The summed E-state index contributed by atoms with van der Waals surface area (Å²) in [7, 11) is 0. The SMILES string of the molecule is C=CC(=O)N1CC(c2nc3ccc(-c4cc(O)cc5ccccc45)cc3c(=O)n2CCOCCNCc2ccc(OCc3scc4c3CN(C3CCC(=O)NC3=O)C4=O)cc2)C1. The molecule has 0 aliphatic carbocycles. The minimum absolute atomic E-state index is 0.107. The molecule has 3 aliphatic rings. The number of thiophene rings is 1. The van der Waals surface area contributed by atoms with Crippen LogP contribution in [0.5, 0.6) is 11.5 Å². The topological polar surface area (TPSA) is 172 Å². The Kier molecular flexibility index (Phi) is 11.4. The van der Waals surface area contributed by atoms with Crippen LogP contribution in [0.1, 0.15) is 50.9 Å². The lowest BCUT2D eigenvalue weighted by molar-refractivity contribution is -0.137. The molecule has 2 saturated heterocycles. The molecular weight excluding hydrogens is 809 g/mol. The Morgan fingerprint density at radius 1 is 0.984 bits per heavy atom. The number of likely N-dealkylation sites (tertiary alicyclic amines) is 1. The number of nitrogens with one attached hydrogen (secondary N) is 2. The largest absolute Gasteiger partial charge is 0.508 e. The van der Waals surface area contributed by atoms with Gasteiger partial charge in [0.15, 0.2) is 0 Å². The highest BCUT2D eigenvalue weighted by Crippen LogP contribution is 2.36. The van der Waals surface area contributed by atoms with Crippen LogP contribution in [-0.2, 0) is 45.4 Å². The zero-order valence-corrected chi connectivity index (χ0v) is 34.6. The molecule has 15 heteroatoms. The molecule has 4 aromatic carbocycles. The number of nitrogens with zero attached hydrogens (tertiary/aromatic N) is 4. The molecule has 2 aromatic heterocycles. The van der Waals surface area contributed by atoms with Crippen molar-refractivity contribution in [2.75, 3.05) is 32.8 Å². The lowest BCUT2D eigenvalue weighted by atomic mass is 9.96. The summed E-state index contributed by atoms with van der Waals surface area (Å²) in [6, 6.07) is 23.9. The van der Waals surface area contributed by atoms with Crippen molar-refractivity contribution in [3.05, 3.63) is 135 Å². The van der Waals surface area contributed by atoms with Crippen molar-refractivity contribution in [2.24, 2.45) is 0 Å². The first-order valence-electron chi connectivity index (χ1n) is 20.6. The van der Waals surface area contributed by atoms with E-state index >= 15 is 0 Å². The van der Waals surface area contributed by atoms with Gasteiger partial charge in [-0.25, -0.2) is 4.98 Å². The van der Waals surface area contributed by atoms with Crippen molar-refractivity contribution < 1.29 is 33.8 Å². The maximum atomic E-state index is 14.2. The molecule has 9 rings (SSSR count). The molecule has 62 heavy (non-hydrogen) atoms. The average molecular weight is 853 g/mol. The third kappa shape index (κ3) is 8.09. The minimum atomic E-state index is -0.650.